The Morgan fingerprint density at radius 1 is 0.403 bits per heavy atom. The minimum Gasteiger partial charge on any atom is -0.466 e. The van der Waals surface area contributed by atoms with E-state index in [1.165, 1.54) is 205 Å². The summed E-state index contributed by atoms with van der Waals surface area (Å²) < 4.78 is 5.47. The third-order valence-corrected chi connectivity index (χ3v) is 13.6. The van der Waals surface area contributed by atoms with E-state index in [0.29, 0.717) is 19.4 Å². The Balaban J connectivity index is 3.51. The minimum atomic E-state index is -0.862. The highest BCUT2D eigenvalue weighted by molar-refractivity contribution is 5.76. The Bertz CT molecular complexity index is 1090. The number of amides is 1. The molecule has 1 amide bonds. The molecule has 0 spiro atoms. The summed E-state index contributed by atoms with van der Waals surface area (Å²) in [4.78, 5) is 24.6. The second kappa shape index (κ2) is 56.7. The molecule has 2 atom stereocenters. The molecule has 0 heterocycles. The van der Waals surface area contributed by atoms with E-state index in [2.05, 4.69) is 43.5 Å². The van der Waals surface area contributed by atoms with Crippen LogP contribution in [0.4, 0.5) is 0 Å². The molecule has 0 aromatic carbocycles. The normalized spacial score (nSPS) is 12.8. The lowest BCUT2D eigenvalue weighted by Crippen LogP contribution is -2.45. The lowest BCUT2D eigenvalue weighted by atomic mass is 10.0. The van der Waals surface area contributed by atoms with Gasteiger partial charge in [0.2, 0.25) is 5.91 Å². The molecule has 67 heavy (non-hydrogen) atoms. The number of esters is 1. The molecule has 2 unspecified atom stereocenters. The van der Waals surface area contributed by atoms with Crippen molar-refractivity contribution in [2.45, 2.75) is 328 Å². The van der Waals surface area contributed by atoms with Gasteiger partial charge in [0, 0.05) is 12.8 Å². The van der Waals surface area contributed by atoms with Gasteiger partial charge in [-0.25, -0.2) is 0 Å². The van der Waals surface area contributed by atoms with Crippen LogP contribution in [0.3, 0.4) is 0 Å². The summed E-state index contributed by atoms with van der Waals surface area (Å²) in [6.45, 7) is 4.85. The molecule has 0 saturated carbocycles. The second-order valence-corrected chi connectivity index (χ2v) is 20.3. The molecule has 0 aliphatic heterocycles. The number of unbranched alkanes of at least 4 members (excludes halogenated alkanes) is 40. The zero-order valence-electron chi connectivity index (χ0n) is 44.9. The van der Waals surface area contributed by atoms with Crippen molar-refractivity contribution in [2.24, 2.45) is 0 Å². The molecule has 394 valence electrons. The molecule has 0 radical (unpaired) electrons. The Morgan fingerprint density at radius 2 is 0.701 bits per heavy atom. The van der Waals surface area contributed by atoms with Crippen LogP contribution in [0.15, 0.2) is 36.5 Å². The predicted molar refractivity (Wildman–Crippen MR) is 292 cm³/mol. The van der Waals surface area contributed by atoms with Gasteiger partial charge < -0.3 is 20.3 Å². The number of aliphatic hydroxyl groups excluding tert-OH is 2. The van der Waals surface area contributed by atoms with Gasteiger partial charge in [-0.3, -0.25) is 9.59 Å². The average molecular weight is 943 g/mol. The molecule has 0 aliphatic rings. The fraction of sp³-hybridized carbons (Fsp3) is 0.869. The summed E-state index contributed by atoms with van der Waals surface area (Å²) in [6, 6.07) is -0.648. The highest BCUT2D eigenvalue weighted by Gasteiger charge is 2.18. The molecule has 6 heteroatoms. The molecule has 3 N–H and O–H groups in total. The maximum atomic E-state index is 12.5. The quantitative estimate of drug-likeness (QED) is 0.0321. The molecule has 0 aromatic heterocycles. The van der Waals surface area contributed by atoms with Gasteiger partial charge in [0.1, 0.15) is 0 Å². The molecule has 0 aliphatic carbocycles. The van der Waals surface area contributed by atoms with Gasteiger partial charge in [0.15, 0.2) is 0 Å². The van der Waals surface area contributed by atoms with Crippen molar-refractivity contribution in [3.05, 3.63) is 36.5 Å². The Labute approximate surface area is 417 Å². The summed E-state index contributed by atoms with van der Waals surface area (Å²) in [5.41, 5.74) is 0. The lowest BCUT2D eigenvalue weighted by molar-refractivity contribution is -0.143. The first-order chi connectivity index (χ1) is 33.0. The van der Waals surface area contributed by atoms with E-state index in [-0.39, 0.29) is 18.5 Å². The van der Waals surface area contributed by atoms with Gasteiger partial charge in [-0.1, -0.05) is 249 Å². The van der Waals surface area contributed by atoms with Crippen molar-refractivity contribution < 1.29 is 24.5 Å². The van der Waals surface area contributed by atoms with Crippen molar-refractivity contribution in [3.8, 4) is 0 Å². The third-order valence-electron chi connectivity index (χ3n) is 13.6. The van der Waals surface area contributed by atoms with E-state index < -0.39 is 12.1 Å². The van der Waals surface area contributed by atoms with Crippen molar-refractivity contribution >= 4 is 11.9 Å². The highest BCUT2D eigenvalue weighted by Crippen LogP contribution is 2.16. The van der Waals surface area contributed by atoms with Crippen LogP contribution in [0.2, 0.25) is 0 Å². The van der Waals surface area contributed by atoms with Crippen LogP contribution in [-0.2, 0) is 14.3 Å². The van der Waals surface area contributed by atoms with E-state index >= 15 is 0 Å². The molecule has 0 bridgehead atoms. The maximum absolute atomic E-state index is 12.5. The number of nitrogens with one attached hydrogen (secondary N) is 1. The number of rotatable bonds is 55. The van der Waals surface area contributed by atoms with Gasteiger partial charge in [-0.05, 0) is 89.9 Å². The SMILES string of the molecule is CCCCCCCC/C=C\CCCCCCCCCCCC(=O)OCCCCC/C=C\CCCCCCCC(=O)NC(CO)C(O)/C=C/CCCCCCCCCCCCCCCCCCC. The number of ether oxygens (including phenoxy) is 1. The second-order valence-electron chi connectivity index (χ2n) is 20.3. The molecule has 0 fully saturated rings. The van der Waals surface area contributed by atoms with Crippen molar-refractivity contribution in [1.82, 2.24) is 5.32 Å². The number of carbonyl (C=O) groups is 2. The van der Waals surface area contributed by atoms with Crippen LogP contribution in [0.1, 0.15) is 316 Å². The van der Waals surface area contributed by atoms with Gasteiger partial charge in [0.05, 0.1) is 25.4 Å². The summed E-state index contributed by atoms with van der Waals surface area (Å²) in [7, 11) is 0. The molecule has 0 aromatic rings. The van der Waals surface area contributed by atoms with E-state index in [4.69, 9.17) is 4.74 Å². The smallest absolute Gasteiger partial charge is 0.305 e. The molecule has 6 nitrogen and oxygen atoms in total. The van der Waals surface area contributed by atoms with Crippen LogP contribution in [0.25, 0.3) is 0 Å². The Hall–Kier alpha value is -1.92. The van der Waals surface area contributed by atoms with Crippen LogP contribution < -0.4 is 5.32 Å². The first-order valence-electron chi connectivity index (χ1n) is 29.8. The number of allylic oxidation sites excluding steroid dienone is 5. The summed E-state index contributed by atoms with van der Waals surface area (Å²) >= 11 is 0. The number of hydrogen-bond acceptors (Lipinski definition) is 5. The largest absolute Gasteiger partial charge is 0.466 e. The van der Waals surface area contributed by atoms with Gasteiger partial charge in [0.25, 0.3) is 0 Å². The van der Waals surface area contributed by atoms with Crippen LogP contribution >= 0.6 is 0 Å². The van der Waals surface area contributed by atoms with Crippen LogP contribution in [0.5, 0.6) is 0 Å². The zero-order valence-corrected chi connectivity index (χ0v) is 44.9. The minimum absolute atomic E-state index is 0.0246. The summed E-state index contributed by atoms with van der Waals surface area (Å²) in [6.07, 6.45) is 70.2. The zero-order chi connectivity index (χ0) is 48.6. The topological polar surface area (TPSA) is 95.9 Å². The average Bonchev–Trinajstić information content (AvgIpc) is 3.33. The van der Waals surface area contributed by atoms with E-state index in [1.807, 2.05) is 6.08 Å². The maximum Gasteiger partial charge on any atom is 0.305 e. The summed E-state index contributed by atoms with van der Waals surface area (Å²) in [5.74, 6) is -0.117. The van der Waals surface area contributed by atoms with Gasteiger partial charge in [-0.15, -0.1) is 0 Å². The first-order valence-corrected chi connectivity index (χ1v) is 29.8. The molecular formula is C61H115NO5. The molecule has 0 saturated heterocycles. The van der Waals surface area contributed by atoms with Gasteiger partial charge in [-0.2, -0.15) is 0 Å². The monoisotopic (exact) mass is 942 g/mol. The van der Waals surface area contributed by atoms with E-state index in [0.717, 1.165) is 83.5 Å². The highest BCUT2D eigenvalue weighted by atomic mass is 16.5. The first kappa shape index (κ1) is 65.1. The standard InChI is InChI=1S/C61H115NO5/c1-3-5-7-9-11-13-15-17-19-21-23-25-27-29-33-37-41-45-49-53-59(64)58(57-63)62-60(65)54-50-46-42-38-34-31-32-36-40-44-48-52-56-67-61(66)55-51-47-43-39-35-30-28-26-24-22-20-18-16-14-12-10-8-6-4-2/h18,20,32,36,49,53,58-59,63-64H,3-17,19,21-31,33-35,37-48,50-52,54-57H2,1-2H3,(H,62,65)/b20-18-,36-32-,53-49+. The molecule has 0 rings (SSSR count). The predicted octanol–water partition coefficient (Wildman–Crippen LogP) is 18.4. The lowest BCUT2D eigenvalue weighted by Gasteiger charge is -2.20. The summed E-state index contributed by atoms with van der Waals surface area (Å²) in [5, 5.41) is 23.1. The Kier molecular flexibility index (Phi) is 55.0. The number of aliphatic hydroxyl groups is 2. The van der Waals surface area contributed by atoms with Gasteiger partial charge >= 0.3 is 5.97 Å². The van der Waals surface area contributed by atoms with Crippen LogP contribution in [-0.4, -0.2) is 47.4 Å². The molecular weight excluding hydrogens is 827 g/mol. The van der Waals surface area contributed by atoms with Crippen molar-refractivity contribution in [2.75, 3.05) is 13.2 Å². The fourth-order valence-electron chi connectivity index (χ4n) is 9.03. The number of hydrogen-bond donors (Lipinski definition) is 3. The Morgan fingerprint density at radius 3 is 1.06 bits per heavy atom. The van der Waals surface area contributed by atoms with Crippen molar-refractivity contribution in [3.63, 3.8) is 0 Å². The fourth-order valence-corrected chi connectivity index (χ4v) is 9.03. The number of carbonyl (C=O) groups excluding carboxylic acids is 2. The van der Waals surface area contributed by atoms with E-state index in [9.17, 15) is 19.8 Å². The van der Waals surface area contributed by atoms with Crippen molar-refractivity contribution in [1.29, 1.82) is 0 Å². The van der Waals surface area contributed by atoms with E-state index in [1.54, 1.807) is 6.08 Å². The third kappa shape index (κ3) is 53.3. The van der Waals surface area contributed by atoms with Crippen LogP contribution in [0, 0.1) is 0 Å².